The van der Waals surface area contributed by atoms with Gasteiger partial charge in [-0.1, -0.05) is 0 Å². The Bertz CT molecular complexity index is 184. The van der Waals surface area contributed by atoms with E-state index >= 15 is 0 Å². The molecule has 0 aromatic rings. The van der Waals surface area contributed by atoms with Crippen molar-refractivity contribution in [2.75, 3.05) is 19.8 Å². The Kier molecular flexibility index (Phi) is 8.45. The molecule has 6 heteroatoms. The van der Waals surface area contributed by atoms with Gasteiger partial charge < -0.3 is 19.0 Å². The lowest BCUT2D eigenvalue weighted by atomic mass is 10.3. The van der Waals surface area contributed by atoms with E-state index in [0.29, 0.717) is 38.7 Å². The summed E-state index contributed by atoms with van der Waals surface area (Å²) < 4.78 is 16.9. The second-order valence-electron chi connectivity index (χ2n) is 3.30. The van der Waals surface area contributed by atoms with Crippen LogP contribution in [0, 0.1) is 0 Å². The van der Waals surface area contributed by atoms with Crippen LogP contribution in [-0.2, 0) is 18.1 Å². The molecule has 0 saturated carbocycles. The van der Waals surface area contributed by atoms with Gasteiger partial charge in [-0.25, -0.2) is 0 Å². The summed E-state index contributed by atoms with van der Waals surface area (Å²) in [5.74, 6) is -0.299. The van der Waals surface area contributed by atoms with Gasteiger partial charge in [0.15, 0.2) is 0 Å². The van der Waals surface area contributed by atoms with Crippen LogP contribution in [0.4, 0.5) is 0 Å². The van der Waals surface area contributed by atoms with Crippen molar-refractivity contribution >= 4 is 14.7 Å². The fourth-order valence-electron chi connectivity index (χ4n) is 1.48. The fraction of sp³-hybridized carbons (Fsp3) is 0.900. The Morgan fingerprint density at radius 3 is 1.81 bits per heavy atom. The first kappa shape index (κ1) is 15.6. The third kappa shape index (κ3) is 6.22. The van der Waals surface area contributed by atoms with Gasteiger partial charge in [0.25, 0.3) is 0 Å². The van der Waals surface area contributed by atoms with Gasteiger partial charge in [-0.2, -0.15) is 0 Å². The van der Waals surface area contributed by atoms with E-state index in [1.165, 1.54) is 0 Å². The molecule has 16 heavy (non-hydrogen) atoms. The molecule has 1 amide bonds. The number of rotatable bonds is 10. The summed E-state index contributed by atoms with van der Waals surface area (Å²) in [6.07, 6.45) is 1.00. The Balaban J connectivity index is 4.28. The van der Waals surface area contributed by atoms with Crippen molar-refractivity contribution in [1.29, 1.82) is 0 Å². The standard InChI is InChI=1S/C10H23NO4Si/c1-4-13-16(14-5-2,15-6-3)9-7-8-10(11)12/h4-9H2,1-3H3,(H2,11,12). The minimum atomic E-state index is -2.57. The Labute approximate surface area is 98.6 Å². The van der Waals surface area contributed by atoms with E-state index in [2.05, 4.69) is 0 Å². The van der Waals surface area contributed by atoms with Crippen LogP contribution in [0.2, 0.25) is 6.04 Å². The summed E-state index contributed by atoms with van der Waals surface area (Å²) in [5, 5.41) is 0. The maximum atomic E-state index is 10.7. The van der Waals surface area contributed by atoms with Crippen LogP contribution in [0.3, 0.4) is 0 Å². The van der Waals surface area contributed by atoms with Crippen LogP contribution >= 0.6 is 0 Å². The number of carbonyl (C=O) groups is 1. The number of carbonyl (C=O) groups excluding carboxylic acids is 1. The van der Waals surface area contributed by atoms with Gasteiger partial charge in [-0.05, 0) is 27.2 Å². The molecule has 2 N–H and O–H groups in total. The van der Waals surface area contributed by atoms with Gasteiger partial charge in [-0.15, -0.1) is 0 Å². The van der Waals surface area contributed by atoms with Gasteiger partial charge in [0, 0.05) is 32.3 Å². The zero-order valence-electron chi connectivity index (χ0n) is 10.5. The van der Waals surface area contributed by atoms with E-state index in [9.17, 15) is 4.79 Å². The van der Waals surface area contributed by atoms with Crippen LogP contribution in [-0.4, -0.2) is 34.5 Å². The third-order valence-corrected chi connectivity index (χ3v) is 5.15. The van der Waals surface area contributed by atoms with E-state index < -0.39 is 8.80 Å². The first-order valence-corrected chi connectivity index (χ1v) is 7.73. The van der Waals surface area contributed by atoms with E-state index in [1.54, 1.807) is 0 Å². The number of nitrogens with two attached hydrogens (primary N) is 1. The van der Waals surface area contributed by atoms with Crippen molar-refractivity contribution < 1.29 is 18.1 Å². The highest BCUT2D eigenvalue weighted by Gasteiger charge is 2.39. The van der Waals surface area contributed by atoms with Crippen molar-refractivity contribution in [3.05, 3.63) is 0 Å². The highest BCUT2D eigenvalue weighted by atomic mass is 28.4. The smallest absolute Gasteiger partial charge is 0.374 e. The Hall–Kier alpha value is -0.433. The first-order valence-electron chi connectivity index (χ1n) is 5.80. The molecule has 0 rings (SSSR count). The second-order valence-corrected chi connectivity index (χ2v) is 6.03. The molecule has 0 saturated heterocycles. The normalized spacial score (nSPS) is 11.7. The summed E-state index contributed by atoms with van der Waals surface area (Å²) in [6, 6.07) is 0.644. The minimum absolute atomic E-state index is 0.299. The molecule has 0 radical (unpaired) electrons. The van der Waals surface area contributed by atoms with E-state index in [1.807, 2.05) is 20.8 Å². The predicted molar refractivity (Wildman–Crippen MR) is 63.9 cm³/mol. The quantitative estimate of drug-likeness (QED) is 0.592. The highest BCUT2D eigenvalue weighted by molar-refractivity contribution is 6.60. The zero-order chi connectivity index (χ0) is 12.4. The van der Waals surface area contributed by atoms with Crippen molar-refractivity contribution in [1.82, 2.24) is 0 Å². The number of amides is 1. The Morgan fingerprint density at radius 1 is 1.06 bits per heavy atom. The van der Waals surface area contributed by atoms with Crippen molar-refractivity contribution in [2.45, 2.75) is 39.7 Å². The second kappa shape index (κ2) is 8.69. The fourth-order valence-corrected chi connectivity index (χ4v) is 4.09. The monoisotopic (exact) mass is 249 g/mol. The highest BCUT2D eigenvalue weighted by Crippen LogP contribution is 2.19. The Morgan fingerprint density at radius 2 is 1.50 bits per heavy atom. The topological polar surface area (TPSA) is 70.8 Å². The molecule has 96 valence electrons. The minimum Gasteiger partial charge on any atom is -0.374 e. The lowest BCUT2D eigenvalue weighted by molar-refractivity contribution is -0.118. The molecule has 0 aliphatic rings. The molecule has 0 fully saturated rings. The summed E-state index contributed by atoms with van der Waals surface area (Å²) in [7, 11) is -2.57. The maximum absolute atomic E-state index is 10.7. The van der Waals surface area contributed by atoms with Gasteiger partial charge in [0.1, 0.15) is 0 Å². The van der Waals surface area contributed by atoms with Crippen molar-refractivity contribution in [3.63, 3.8) is 0 Å². The van der Waals surface area contributed by atoms with E-state index in [-0.39, 0.29) is 5.91 Å². The predicted octanol–water partition coefficient (Wildman–Crippen LogP) is 1.30. The van der Waals surface area contributed by atoms with Crippen molar-refractivity contribution in [3.8, 4) is 0 Å². The average molecular weight is 249 g/mol. The van der Waals surface area contributed by atoms with Crippen LogP contribution in [0.25, 0.3) is 0 Å². The zero-order valence-corrected chi connectivity index (χ0v) is 11.5. The SMILES string of the molecule is CCO[Si](CCCC(N)=O)(OCC)OCC. The molecule has 5 nitrogen and oxygen atoms in total. The molecule has 0 unspecified atom stereocenters. The van der Waals surface area contributed by atoms with Gasteiger partial charge >= 0.3 is 8.80 Å². The molecule has 0 atom stereocenters. The lowest BCUT2D eigenvalue weighted by Crippen LogP contribution is -2.46. The van der Waals surface area contributed by atoms with Crippen LogP contribution in [0.15, 0.2) is 0 Å². The van der Waals surface area contributed by atoms with Crippen LogP contribution in [0.5, 0.6) is 0 Å². The summed E-state index contributed by atoms with van der Waals surface area (Å²) in [4.78, 5) is 10.7. The average Bonchev–Trinajstić information content (AvgIpc) is 2.18. The van der Waals surface area contributed by atoms with Gasteiger partial charge in [-0.3, -0.25) is 4.79 Å². The molecular weight excluding hydrogens is 226 g/mol. The maximum Gasteiger partial charge on any atom is 0.500 e. The van der Waals surface area contributed by atoms with E-state index in [4.69, 9.17) is 19.0 Å². The first-order chi connectivity index (χ1) is 7.60. The molecule has 0 heterocycles. The van der Waals surface area contributed by atoms with Crippen molar-refractivity contribution in [2.24, 2.45) is 5.73 Å². The number of hydrogen-bond acceptors (Lipinski definition) is 4. The molecule has 0 aliphatic heterocycles. The molecule has 0 bridgehead atoms. The molecule has 0 aromatic heterocycles. The molecule has 0 aromatic carbocycles. The number of primary amides is 1. The van der Waals surface area contributed by atoms with Crippen LogP contribution in [0.1, 0.15) is 33.6 Å². The largest absolute Gasteiger partial charge is 0.500 e. The summed E-state index contributed by atoms with van der Waals surface area (Å²) >= 11 is 0. The van der Waals surface area contributed by atoms with E-state index in [0.717, 1.165) is 0 Å². The van der Waals surface area contributed by atoms with Gasteiger partial charge in [0.05, 0.1) is 0 Å². The summed E-state index contributed by atoms with van der Waals surface area (Å²) in [5.41, 5.74) is 5.10. The van der Waals surface area contributed by atoms with Gasteiger partial charge in [0.2, 0.25) is 5.91 Å². The molecule has 0 aliphatic carbocycles. The lowest BCUT2D eigenvalue weighted by Gasteiger charge is -2.28. The molecular formula is C10H23NO4Si. The van der Waals surface area contributed by atoms with Crippen LogP contribution < -0.4 is 5.73 Å². The molecule has 0 spiro atoms. The summed E-state index contributed by atoms with van der Waals surface area (Å²) in [6.45, 7) is 7.41. The number of hydrogen-bond donors (Lipinski definition) is 1. The third-order valence-electron chi connectivity index (χ3n) is 2.00.